The van der Waals surface area contributed by atoms with Gasteiger partial charge in [0, 0.05) is 5.56 Å². The van der Waals surface area contributed by atoms with Crippen molar-refractivity contribution in [1.29, 1.82) is 0 Å². The molecule has 0 radical (unpaired) electrons. The van der Waals surface area contributed by atoms with E-state index in [4.69, 9.17) is 9.84 Å². The van der Waals surface area contributed by atoms with Crippen LogP contribution in [0.3, 0.4) is 0 Å². The van der Waals surface area contributed by atoms with Crippen molar-refractivity contribution in [2.75, 3.05) is 6.61 Å². The van der Waals surface area contributed by atoms with Gasteiger partial charge in [0.15, 0.2) is 0 Å². The Kier molecular flexibility index (Phi) is 4.69. The summed E-state index contributed by atoms with van der Waals surface area (Å²) in [6, 6.07) is 4.21. The van der Waals surface area contributed by atoms with Crippen LogP contribution in [0.2, 0.25) is 0 Å². The van der Waals surface area contributed by atoms with E-state index >= 15 is 0 Å². The van der Waals surface area contributed by atoms with Crippen LogP contribution < -0.4 is 4.74 Å². The molecule has 0 aliphatic carbocycles. The lowest BCUT2D eigenvalue weighted by molar-refractivity contribution is -0.135. The summed E-state index contributed by atoms with van der Waals surface area (Å²) in [5.74, 6) is -0.724. The highest BCUT2D eigenvalue weighted by Crippen LogP contribution is 2.27. The second kappa shape index (κ2) is 6.03. The Morgan fingerprint density at radius 3 is 2.82 bits per heavy atom. The second-order valence-electron chi connectivity index (χ2n) is 3.56. The Hall–Kier alpha value is -1.84. The minimum atomic E-state index is -0.918. The number of carbonyl (C=O) groups is 1. The number of carboxylic acid groups (broad SMARTS) is 1. The molecule has 1 aromatic rings. The maximum Gasteiger partial charge on any atom is 0.307 e. The molecule has 0 unspecified atom stereocenters. The van der Waals surface area contributed by atoms with Crippen molar-refractivity contribution in [2.24, 2.45) is 0 Å². The van der Waals surface area contributed by atoms with Crippen molar-refractivity contribution in [2.45, 2.75) is 20.3 Å². The summed E-state index contributed by atoms with van der Waals surface area (Å²) in [6.45, 7) is 4.05. The molecule has 92 valence electrons. The van der Waals surface area contributed by atoms with E-state index in [9.17, 15) is 9.18 Å². The van der Waals surface area contributed by atoms with Crippen molar-refractivity contribution >= 4 is 11.5 Å². The summed E-state index contributed by atoms with van der Waals surface area (Å²) in [5.41, 5.74) is 1.28. The Labute approximate surface area is 99.5 Å². The average Bonchev–Trinajstić information content (AvgIpc) is 2.28. The number of aliphatic carboxylic acids is 1. The summed E-state index contributed by atoms with van der Waals surface area (Å²) in [6.07, 6.45) is 1.45. The molecular weight excluding hydrogens is 223 g/mol. The van der Waals surface area contributed by atoms with Gasteiger partial charge in [-0.1, -0.05) is 6.08 Å². The number of ether oxygens (including phenoxy) is 1. The third-order valence-electron chi connectivity index (χ3n) is 2.25. The lowest BCUT2D eigenvalue weighted by Gasteiger charge is -2.10. The van der Waals surface area contributed by atoms with Gasteiger partial charge < -0.3 is 9.84 Å². The van der Waals surface area contributed by atoms with E-state index < -0.39 is 5.97 Å². The fraction of sp³-hybridized carbons (Fsp3) is 0.308. The minimum absolute atomic E-state index is 0.0894. The van der Waals surface area contributed by atoms with E-state index in [-0.39, 0.29) is 12.2 Å². The summed E-state index contributed by atoms with van der Waals surface area (Å²) in [7, 11) is 0. The first-order chi connectivity index (χ1) is 8.04. The number of benzene rings is 1. The molecule has 1 N–H and O–H groups in total. The zero-order chi connectivity index (χ0) is 12.8. The fourth-order valence-corrected chi connectivity index (χ4v) is 1.44. The Morgan fingerprint density at radius 2 is 2.24 bits per heavy atom. The molecule has 0 aliphatic rings. The number of halogens is 1. The predicted octanol–water partition coefficient (Wildman–Crippen LogP) is 3.10. The van der Waals surface area contributed by atoms with E-state index in [1.807, 2.05) is 6.92 Å². The van der Waals surface area contributed by atoms with Gasteiger partial charge in [0.1, 0.15) is 11.6 Å². The topological polar surface area (TPSA) is 46.5 Å². The van der Waals surface area contributed by atoms with Gasteiger partial charge in [0.05, 0.1) is 13.0 Å². The van der Waals surface area contributed by atoms with Gasteiger partial charge >= 0.3 is 5.97 Å². The van der Waals surface area contributed by atoms with Crippen LogP contribution >= 0.6 is 0 Å². The number of allylic oxidation sites excluding steroid dienone is 1. The van der Waals surface area contributed by atoms with Gasteiger partial charge in [0.2, 0.25) is 0 Å². The second-order valence-corrected chi connectivity index (χ2v) is 3.56. The Balaban J connectivity index is 3.05. The molecule has 0 bridgehead atoms. The first-order valence-corrected chi connectivity index (χ1v) is 5.36. The zero-order valence-electron chi connectivity index (χ0n) is 9.87. The molecule has 0 aromatic heterocycles. The normalized spacial score (nSPS) is 11.4. The summed E-state index contributed by atoms with van der Waals surface area (Å²) < 4.78 is 18.5. The quantitative estimate of drug-likeness (QED) is 0.857. The molecule has 0 heterocycles. The van der Waals surface area contributed by atoms with Crippen molar-refractivity contribution < 1.29 is 19.0 Å². The van der Waals surface area contributed by atoms with Crippen molar-refractivity contribution in [1.82, 2.24) is 0 Å². The molecule has 4 heteroatoms. The van der Waals surface area contributed by atoms with Crippen molar-refractivity contribution in [3.63, 3.8) is 0 Å². The molecule has 0 spiro atoms. The third-order valence-corrected chi connectivity index (χ3v) is 2.25. The molecule has 0 saturated carbocycles. The average molecular weight is 238 g/mol. The number of hydrogen-bond donors (Lipinski definition) is 1. The van der Waals surface area contributed by atoms with Crippen molar-refractivity contribution in [3.05, 3.63) is 35.7 Å². The van der Waals surface area contributed by atoms with E-state index in [1.165, 1.54) is 12.1 Å². The number of carboxylic acids is 1. The first kappa shape index (κ1) is 13.2. The van der Waals surface area contributed by atoms with E-state index in [0.717, 1.165) is 0 Å². The lowest BCUT2D eigenvalue weighted by Crippen LogP contribution is -1.97. The minimum Gasteiger partial charge on any atom is -0.493 e. The molecule has 0 amide bonds. The van der Waals surface area contributed by atoms with Crippen LogP contribution in [0.4, 0.5) is 4.39 Å². The molecule has 17 heavy (non-hydrogen) atoms. The fourth-order valence-electron chi connectivity index (χ4n) is 1.44. The van der Waals surface area contributed by atoms with Crippen LogP contribution in [0, 0.1) is 5.82 Å². The monoisotopic (exact) mass is 238 g/mol. The highest BCUT2D eigenvalue weighted by molar-refractivity contribution is 5.75. The summed E-state index contributed by atoms with van der Waals surface area (Å²) >= 11 is 0. The zero-order valence-corrected chi connectivity index (χ0v) is 9.87. The first-order valence-electron chi connectivity index (χ1n) is 5.36. The molecule has 0 saturated heterocycles. The molecule has 1 rings (SSSR count). The van der Waals surface area contributed by atoms with Crippen LogP contribution in [0.5, 0.6) is 5.75 Å². The largest absolute Gasteiger partial charge is 0.493 e. The number of hydrogen-bond acceptors (Lipinski definition) is 2. The summed E-state index contributed by atoms with van der Waals surface area (Å²) in [5, 5.41) is 8.59. The van der Waals surface area contributed by atoms with E-state index in [1.54, 1.807) is 19.1 Å². The van der Waals surface area contributed by atoms with Crippen LogP contribution in [-0.4, -0.2) is 17.7 Å². The summed E-state index contributed by atoms with van der Waals surface area (Å²) in [4.78, 5) is 10.5. The van der Waals surface area contributed by atoms with Gasteiger partial charge in [-0.3, -0.25) is 4.79 Å². The lowest BCUT2D eigenvalue weighted by atomic mass is 10.0. The van der Waals surface area contributed by atoms with Gasteiger partial charge in [0.25, 0.3) is 0 Å². The van der Waals surface area contributed by atoms with Gasteiger partial charge in [-0.2, -0.15) is 0 Å². The highest BCUT2D eigenvalue weighted by Gasteiger charge is 2.07. The Morgan fingerprint density at radius 1 is 1.53 bits per heavy atom. The van der Waals surface area contributed by atoms with E-state index in [2.05, 4.69) is 0 Å². The van der Waals surface area contributed by atoms with Gasteiger partial charge in [-0.25, -0.2) is 4.39 Å². The van der Waals surface area contributed by atoms with Gasteiger partial charge in [-0.05, 0) is 37.6 Å². The molecule has 0 atom stereocenters. The molecule has 3 nitrogen and oxygen atoms in total. The third kappa shape index (κ3) is 3.90. The van der Waals surface area contributed by atoms with Crippen molar-refractivity contribution in [3.8, 4) is 5.75 Å². The van der Waals surface area contributed by atoms with Crippen LogP contribution in [-0.2, 0) is 4.79 Å². The predicted molar refractivity (Wildman–Crippen MR) is 63.5 cm³/mol. The number of rotatable bonds is 5. The maximum atomic E-state index is 13.1. The van der Waals surface area contributed by atoms with Crippen LogP contribution in [0.25, 0.3) is 5.57 Å². The SMILES string of the molecule is CCOc1ccc(F)cc1/C(C)=C/CC(=O)O. The standard InChI is InChI=1S/C13H15FO3/c1-3-17-12-6-5-10(14)8-11(12)9(2)4-7-13(15)16/h4-6,8H,3,7H2,1-2H3,(H,15,16)/b9-4+. The Bertz CT molecular complexity index is 438. The molecule has 0 aliphatic heterocycles. The molecular formula is C13H15FO3. The highest BCUT2D eigenvalue weighted by atomic mass is 19.1. The molecule has 1 aromatic carbocycles. The van der Waals surface area contributed by atoms with Crippen LogP contribution in [0.1, 0.15) is 25.8 Å². The van der Waals surface area contributed by atoms with Crippen LogP contribution in [0.15, 0.2) is 24.3 Å². The maximum absolute atomic E-state index is 13.1. The molecule has 0 fully saturated rings. The smallest absolute Gasteiger partial charge is 0.307 e. The van der Waals surface area contributed by atoms with Gasteiger partial charge in [-0.15, -0.1) is 0 Å². The van der Waals surface area contributed by atoms with E-state index in [0.29, 0.717) is 23.5 Å².